The second-order valence-corrected chi connectivity index (χ2v) is 10.1. The topological polar surface area (TPSA) is 87.7 Å². The average Bonchev–Trinajstić information content (AvgIpc) is 3.25. The third kappa shape index (κ3) is 5.98. The van der Waals surface area contributed by atoms with Gasteiger partial charge in [0.1, 0.15) is 17.6 Å². The second-order valence-electron chi connectivity index (χ2n) is 8.34. The van der Waals surface area contributed by atoms with Crippen LogP contribution in [0.4, 0.5) is 10.1 Å². The molecule has 0 aliphatic carbocycles. The Labute approximate surface area is 189 Å². The van der Waals surface area contributed by atoms with Crippen molar-refractivity contribution in [1.29, 1.82) is 0 Å². The molecule has 0 radical (unpaired) electrons. The second kappa shape index (κ2) is 10.3. The lowest BCUT2D eigenvalue weighted by atomic mass is 10.0. The Morgan fingerprint density at radius 2 is 1.81 bits per heavy atom. The highest BCUT2D eigenvalue weighted by Crippen LogP contribution is 2.24. The maximum atomic E-state index is 13.1. The minimum atomic E-state index is -3.87. The first-order valence-corrected chi connectivity index (χ1v) is 12.1. The molecule has 32 heavy (non-hydrogen) atoms. The van der Waals surface area contributed by atoms with E-state index >= 15 is 0 Å². The van der Waals surface area contributed by atoms with Gasteiger partial charge in [0, 0.05) is 25.3 Å². The van der Waals surface area contributed by atoms with Gasteiger partial charge in [0.25, 0.3) is 0 Å². The summed E-state index contributed by atoms with van der Waals surface area (Å²) in [7, 11) is -2.36. The lowest BCUT2D eigenvalue weighted by molar-refractivity contribution is -0.123. The molecule has 2 atom stereocenters. The number of nitrogens with zero attached hydrogens (tertiary/aromatic N) is 1. The zero-order chi connectivity index (χ0) is 23.3. The van der Waals surface area contributed by atoms with E-state index in [0.29, 0.717) is 12.3 Å². The highest BCUT2D eigenvalue weighted by molar-refractivity contribution is 7.89. The van der Waals surface area contributed by atoms with Crippen LogP contribution in [-0.2, 0) is 14.8 Å². The van der Waals surface area contributed by atoms with E-state index < -0.39 is 16.1 Å². The number of nitrogens with one attached hydrogen (secondary N) is 2. The number of methoxy groups -OCH3 is 1. The van der Waals surface area contributed by atoms with E-state index in [-0.39, 0.29) is 28.5 Å². The smallest absolute Gasteiger partial charge is 0.241 e. The fraction of sp³-hybridized carbons (Fsp3) is 0.435. The van der Waals surface area contributed by atoms with Crippen LogP contribution in [0, 0.1) is 17.7 Å². The zero-order valence-corrected chi connectivity index (χ0v) is 19.4. The number of carbonyl (C=O) groups excluding carboxylic acids is 1. The molecule has 3 rings (SSSR count). The first-order chi connectivity index (χ1) is 15.2. The number of anilines is 1. The Morgan fingerprint density at radius 1 is 1.16 bits per heavy atom. The number of carbonyl (C=O) groups is 1. The van der Waals surface area contributed by atoms with Gasteiger partial charge in [0.15, 0.2) is 0 Å². The maximum Gasteiger partial charge on any atom is 0.241 e. The van der Waals surface area contributed by atoms with Gasteiger partial charge in [0.05, 0.1) is 12.0 Å². The predicted molar refractivity (Wildman–Crippen MR) is 122 cm³/mol. The van der Waals surface area contributed by atoms with Crippen LogP contribution in [0.15, 0.2) is 53.4 Å². The van der Waals surface area contributed by atoms with E-state index in [1.165, 1.54) is 31.4 Å². The quantitative estimate of drug-likeness (QED) is 0.597. The van der Waals surface area contributed by atoms with Gasteiger partial charge in [-0.15, -0.1) is 0 Å². The van der Waals surface area contributed by atoms with Crippen LogP contribution in [0.3, 0.4) is 0 Å². The molecule has 1 amide bonds. The zero-order valence-electron chi connectivity index (χ0n) is 18.5. The number of rotatable bonds is 9. The molecule has 7 nitrogen and oxygen atoms in total. The molecule has 0 spiro atoms. The van der Waals surface area contributed by atoms with Crippen LogP contribution < -0.4 is 19.7 Å². The fourth-order valence-corrected chi connectivity index (χ4v) is 5.07. The Hall–Kier alpha value is -2.65. The minimum absolute atomic E-state index is 0.0717. The highest BCUT2D eigenvalue weighted by Gasteiger charge is 2.30. The number of benzene rings is 2. The number of hydrogen-bond acceptors (Lipinski definition) is 5. The van der Waals surface area contributed by atoms with Gasteiger partial charge in [-0.25, -0.2) is 12.8 Å². The third-order valence-electron chi connectivity index (χ3n) is 5.64. The lowest BCUT2D eigenvalue weighted by Gasteiger charge is -2.23. The molecule has 0 saturated carbocycles. The number of hydrogen-bond donors (Lipinski definition) is 2. The average molecular weight is 464 g/mol. The number of amides is 1. The highest BCUT2D eigenvalue weighted by atomic mass is 32.2. The summed E-state index contributed by atoms with van der Waals surface area (Å²) in [5.74, 6) is -0.0726. The molecule has 174 valence electrons. The maximum absolute atomic E-state index is 13.1. The Bertz CT molecular complexity index is 1010. The number of sulfonamides is 1. The standard InChI is InChI=1S/C23H30FN3O4S/c1-16(2)22(26-32(29,30)21-10-8-20(31-3)9-11-21)23(28)25-14-17-12-13-27(15-17)19-6-4-18(24)5-7-19/h4-11,16-17,22,26H,12-15H2,1-3H3,(H,25,28)/t17?,22-/m0/s1. The summed E-state index contributed by atoms with van der Waals surface area (Å²) < 4.78 is 46.3. The normalized spacial score (nSPS) is 17.4. The van der Waals surface area contributed by atoms with Gasteiger partial charge in [0.2, 0.25) is 15.9 Å². The predicted octanol–water partition coefficient (Wildman–Crippen LogP) is 2.78. The van der Waals surface area contributed by atoms with E-state index in [1.54, 1.807) is 38.1 Å². The van der Waals surface area contributed by atoms with Crippen molar-refractivity contribution in [3.63, 3.8) is 0 Å². The summed E-state index contributed by atoms with van der Waals surface area (Å²) in [5.41, 5.74) is 0.951. The molecule has 2 N–H and O–H groups in total. The van der Waals surface area contributed by atoms with Crippen LogP contribution in [0.25, 0.3) is 0 Å². The van der Waals surface area contributed by atoms with Gasteiger partial charge >= 0.3 is 0 Å². The summed E-state index contributed by atoms with van der Waals surface area (Å²) in [6.45, 7) is 5.61. The van der Waals surface area contributed by atoms with Gasteiger partial charge in [-0.05, 0) is 66.8 Å². The van der Waals surface area contributed by atoms with E-state index in [1.807, 2.05) is 0 Å². The van der Waals surface area contributed by atoms with Crippen molar-refractivity contribution in [3.8, 4) is 5.75 Å². The molecular formula is C23H30FN3O4S. The lowest BCUT2D eigenvalue weighted by Crippen LogP contribution is -2.50. The molecule has 2 aromatic rings. The van der Waals surface area contributed by atoms with Crippen molar-refractivity contribution in [2.45, 2.75) is 31.2 Å². The number of halogens is 1. The van der Waals surface area contributed by atoms with E-state index in [9.17, 15) is 17.6 Å². The Kier molecular flexibility index (Phi) is 7.73. The molecule has 1 saturated heterocycles. The minimum Gasteiger partial charge on any atom is -0.497 e. The Balaban J connectivity index is 1.57. The number of ether oxygens (including phenoxy) is 1. The van der Waals surface area contributed by atoms with Crippen molar-refractivity contribution in [2.24, 2.45) is 11.8 Å². The van der Waals surface area contributed by atoms with Gasteiger partial charge in [-0.3, -0.25) is 4.79 Å². The van der Waals surface area contributed by atoms with Crippen molar-refractivity contribution >= 4 is 21.6 Å². The molecule has 1 heterocycles. The monoisotopic (exact) mass is 463 g/mol. The first-order valence-electron chi connectivity index (χ1n) is 10.6. The Morgan fingerprint density at radius 3 is 2.41 bits per heavy atom. The van der Waals surface area contributed by atoms with Crippen molar-refractivity contribution in [1.82, 2.24) is 10.0 Å². The molecule has 1 unspecified atom stereocenters. The van der Waals surface area contributed by atoms with Gasteiger partial charge < -0.3 is 15.0 Å². The molecule has 1 fully saturated rings. The van der Waals surface area contributed by atoms with Crippen LogP contribution in [0.2, 0.25) is 0 Å². The molecular weight excluding hydrogens is 433 g/mol. The largest absolute Gasteiger partial charge is 0.497 e. The SMILES string of the molecule is COc1ccc(S(=O)(=O)N[C@H](C(=O)NCC2CCN(c3ccc(F)cc3)C2)C(C)C)cc1. The van der Waals surface area contributed by atoms with Crippen LogP contribution in [0.5, 0.6) is 5.75 Å². The molecule has 0 bridgehead atoms. The molecule has 1 aliphatic heterocycles. The van der Waals surface area contributed by atoms with Gasteiger partial charge in [-0.2, -0.15) is 4.72 Å². The summed E-state index contributed by atoms with van der Waals surface area (Å²) in [4.78, 5) is 15.1. The molecule has 2 aromatic carbocycles. The summed E-state index contributed by atoms with van der Waals surface area (Å²) in [6, 6.07) is 11.5. The van der Waals surface area contributed by atoms with E-state index in [0.717, 1.165) is 25.2 Å². The first kappa shape index (κ1) is 24.0. The van der Waals surface area contributed by atoms with Crippen LogP contribution in [-0.4, -0.2) is 47.1 Å². The van der Waals surface area contributed by atoms with Gasteiger partial charge in [-0.1, -0.05) is 13.8 Å². The fourth-order valence-electron chi connectivity index (χ4n) is 3.72. The van der Waals surface area contributed by atoms with E-state index in [4.69, 9.17) is 4.74 Å². The molecule has 9 heteroatoms. The summed E-state index contributed by atoms with van der Waals surface area (Å²) in [6.07, 6.45) is 0.890. The summed E-state index contributed by atoms with van der Waals surface area (Å²) in [5, 5.41) is 2.91. The van der Waals surface area contributed by atoms with Crippen LogP contribution in [0.1, 0.15) is 20.3 Å². The van der Waals surface area contributed by atoms with Crippen molar-refractivity contribution < 1.29 is 22.3 Å². The van der Waals surface area contributed by atoms with Crippen molar-refractivity contribution in [2.75, 3.05) is 31.6 Å². The molecule has 1 aliphatic rings. The van der Waals surface area contributed by atoms with Crippen molar-refractivity contribution in [3.05, 3.63) is 54.3 Å². The van der Waals surface area contributed by atoms with Crippen LogP contribution >= 0.6 is 0 Å². The third-order valence-corrected chi connectivity index (χ3v) is 7.10. The van der Waals surface area contributed by atoms with E-state index in [2.05, 4.69) is 14.9 Å². The summed E-state index contributed by atoms with van der Waals surface area (Å²) >= 11 is 0. The molecule has 0 aromatic heterocycles.